The highest BCUT2D eigenvalue weighted by Crippen LogP contribution is 2.31. The number of carbonyl (C=O) groups excluding carboxylic acids is 2. The van der Waals surface area contributed by atoms with Gasteiger partial charge in [0.05, 0.1) is 0 Å². The monoisotopic (exact) mass is 553 g/mol. The summed E-state index contributed by atoms with van der Waals surface area (Å²) in [6.07, 6.45) is 4.48. The average Bonchev–Trinajstić information content (AvgIpc) is 3.44. The van der Waals surface area contributed by atoms with E-state index >= 15 is 0 Å². The Hall–Kier alpha value is -4.17. The van der Waals surface area contributed by atoms with Gasteiger partial charge in [0.15, 0.2) is 0 Å². The molecule has 0 spiro atoms. The Morgan fingerprint density at radius 2 is 1.78 bits per heavy atom. The number of urea groups is 1. The Morgan fingerprint density at radius 1 is 1.00 bits per heavy atom. The van der Waals surface area contributed by atoms with E-state index in [2.05, 4.69) is 27.0 Å². The zero-order chi connectivity index (χ0) is 28.3. The smallest absolute Gasteiger partial charge is 0.318 e. The third kappa shape index (κ3) is 5.84. The van der Waals surface area contributed by atoms with Gasteiger partial charge in [0.1, 0.15) is 11.9 Å². The normalized spacial score (nSPS) is 17.1. The number of H-pyrrole nitrogens is 1. The predicted molar refractivity (Wildman–Crippen MR) is 159 cm³/mol. The minimum Gasteiger partial charge on any atom is -0.361 e. The number of nitrogens with one attached hydrogen (secondary N) is 4. The summed E-state index contributed by atoms with van der Waals surface area (Å²) in [6, 6.07) is 19.6. The first kappa shape index (κ1) is 27.0. The van der Waals surface area contributed by atoms with Crippen LogP contribution in [0.25, 0.3) is 10.9 Å². The van der Waals surface area contributed by atoms with Gasteiger partial charge in [0.2, 0.25) is 5.91 Å². The second-order valence-corrected chi connectivity index (χ2v) is 11.2. The predicted octanol–water partition coefficient (Wildman–Crippen LogP) is 5.65. The summed E-state index contributed by atoms with van der Waals surface area (Å²) < 4.78 is 13.4. The van der Waals surface area contributed by atoms with Crippen LogP contribution in [0.2, 0.25) is 0 Å². The molecule has 3 heterocycles. The third-order valence-electron chi connectivity index (χ3n) is 8.66. The molecule has 212 valence electrons. The summed E-state index contributed by atoms with van der Waals surface area (Å²) in [6.45, 7) is 4.86. The fourth-order valence-corrected chi connectivity index (χ4v) is 6.22. The zero-order valence-corrected chi connectivity index (χ0v) is 23.3. The van der Waals surface area contributed by atoms with Crippen molar-refractivity contribution in [1.82, 2.24) is 20.5 Å². The van der Waals surface area contributed by atoms with Crippen molar-refractivity contribution in [1.29, 1.82) is 0 Å². The van der Waals surface area contributed by atoms with Crippen LogP contribution in [-0.4, -0.2) is 47.5 Å². The molecule has 0 aliphatic carbocycles. The molecule has 2 aliphatic heterocycles. The van der Waals surface area contributed by atoms with E-state index in [1.54, 1.807) is 4.90 Å². The average molecular weight is 554 g/mol. The fourth-order valence-electron chi connectivity index (χ4n) is 6.22. The van der Waals surface area contributed by atoms with Gasteiger partial charge in [-0.05, 0) is 84.3 Å². The molecule has 7 nitrogen and oxygen atoms in total. The Labute approximate surface area is 239 Å². The van der Waals surface area contributed by atoms with Crippen LogP contribution in [0.4, 0.5) is 14.9 Å². The van der Waals surface area contributed by atoms with E-state index in [0.29, 0.717) is 13.1 Å². The molecule has 2 aliphatic rings. The Kier molecular flexibility index (Phi) is 7.74. The number of benzene rings is 3. The maximum absolute atomic E-state index is 13.8. The lowest BCUT2D eigenvalue weighted by molar-refractivity contribution is -0.118. The van der Waals surface area contributed by atoms with E-state index in [1.165, 1.54) is 23.3 Å². The highest BCUT2D eigenvalue weighted by molar-refractivity contribution is 5.98. The number of para-hydroxylation sites is 1. The van der Waals surface area contributed by atoms with Crippen LogP contribution < -0.4 is 16.0 Å². The molecule has 6 rings (SSSR count). The van der Waals surface area contributed by atoms with Crippen molar-refractivity contribution in [3.63, 3.8) is 0 Å². The van der Waals surface area contributed by atoms with Crippen molar-refractivity contribution in [2.24, 2.45) is 0 Å². The number of hydrogen-bond donors (Lipinski definition) is 4. The van der Waals surface area contributed by atoms with E-state index in [9.17, 15) is 14.0 Å². The van der Waals surface area contributed by atoms with Gasteiger partial charge in [0, 0.05) is 48.3 Å². The lowest BCUT2D eigenvalue weighted by Crippen LogP contribution is -2.53. The number of anilines is 1. The molecule has 1 fully saturated rings. The summed E-state index contributed by atoms with van der Waals surface area (Å²) in [4.78, 5) is 32.5. The Morgan fingerprint density at radius 3 is 2.59 bits per heavy atom. The number of nitrogens with zero attached hydrogens (tertiary/aromatic N) is 1. The molecule has 0 saturated carbocycles. The second kappa shape index (κ2) is 11.7. The summed E-state index contributed by atoms with van der Waals surface area (Å²) in [5, 5.41) is 10.6. The maximum atomic E-state index is 13.8. The molecule has 8 heteroatoms. The standard InChI is InChI=1S/C33H36FN5O2/c1-21(29-20-36-30-5-3-2-4-28(29)30)31(32(40)37-27-11-8-23-12-15-35-19-25(23)18-27)38-33(41)39-16-13-24(14-17-39)22-6-9-26(34)10-7-22/h2-11,18,20-21,24,31,35-36H,12-17,19H2,1H3,(H,37,40)(H,38,41). The van der Waals surface area contributed by atoms with Crippen molar-refractivity contribution in [2.75, 3.05) is 25.0 Å². The minimum atomic E-state index is -0.786. The fraction of sp³-hybridized carbons (Fsp3) is 0.333. The molecular weight excluding hydrogens is 517 g/mol. The summed E-state index contributed by atoms with van der Waals surface area (Å²) >= 11 is 0. The van der Waals surface area contributed by atoms with E-state index in [-0.39, 0.29) is 29.6 Å². The number of fused-ring (bicyclic) bond motifs is 2. The van der Waals surface area contributed by atoms with Crippen molar-refractivity contribution in [3.05, 3.63) is 101 Å². The molecule has 3 amide bonds. The number of halogens is 1. The number of likely N-dealkylation sites (tertiary alicyclic amines) is 1. The van der Waals surface area contributed by atoms with Gasteiger partial charge < -0.3 is 25.8 Å². The minimum absolute atomic E-state index is 0.244. The molecule has 0 bridgehead atoms. The van der Waals surface area contributed by atoms with Gasteiger partial charge in [0.25, 0.3) is 0 Å². The molecule has 1 saturated heterocycles. The van der Waals surface area contributed by atoms with Crippen LogP contribution in [-0.2, 0) is 17.8 Å². The van der Waals surface area contributed by atoms with Crippen molar-refractivity contribution < 1.29 is 14.0 Å². The van der Waals surface area contributed by atoms with Crippen LogP contribution in [0.3, 0.4) is 0 Å². The van der Waals surface area contributed by atoms with Gasteiger partial charge in [-0.15, -0.1) is 0 Å². The van der Waals surface area contributed by atoms with Crippen LogP contribution in [0.5, 0.6) is 0 Å². The van der Waals surface area contributed by atoms with E-state index in [1.807, 2.05) is 61.7 Å². The largest absolute Gasteiger partial charge is 0.361 e. The van der Waals surface area contributed by atoms with Gasteiger partial charge in [-0.2, -0.15) is 0 Å². The summed E-state index contributed by atoms with van der Waals surface area (Å²) in [5.74, 6) is -0.499. The molecule has 3 aromatic carbocycles. The number of carbonyl (C=O) groups is 2. The van der Waals surface area contributed by atoms with Crippen LogP contribution >= 0.6 is 0 Å². The van der Waals surface area contributed by atoms with E-state index < -0.39 is 6.04 Å². The van der Waals surface area contributed by atoms with E-state index in [4.69, 9.17) is 0 Å². The quantitative estimate of drug-likeness (QED) is 0.249. The Balaban J connectivity index is 1.20. The number of amides is 3. The molecule has 2 atom stereocenters. The molecule has 0 radical (unpaired) electrons. The SMILES string of the molecule is CC(c1c[nH]c2ccccc12)C(NC(=O)N1CCC(c2ccc(F)cc2)CC1)C(=O)Nc1ccc2c(c1)CNCC2. The first-order valence-electron chi connectivity index (χ1n) is 14.5. The molecule has 4 N–H and O–H groups in total. The van der Waals surface area contributed by atoms with Gasteiger partial charge in [-0.25, -0.2) is 9.18 Å². The lowest BCUT2D eigenvalue weighted by Gasteiger charge is -2.34. The summed E-state index contributed by atoms with van der Waals surface area (Å²) in [5.41, 5.74) is 6.27. The lowest BCUT2D eigenvalue weighted by atomic mass is 9.89. The maximum Gasteiger partial charge on any atom is 0.318 e. The van der Waals surface area contributed by atoms with Crippen molar-refractivity contribution in [3.8, 4) is 0 Å². The molecule has 4 aromatic rings. The van der Waals surface area contributed by atoms with Gasteiger partial charge in [-0.1, -0.05) is 43.3 Å². The first-order valence-corrected chi connectivity index (χ1v) is 14.5. The molecule has 41 heavy (non-hydrogen) atoms. The third-order valence-corrected chi connectivity index (χ3v) is 8.66. The zero-order valence-electron chi connectivity index (χ0n) is 23.3. The van der Waals surface area contributed by atoms with Gasteiger partial charge >= 0.3 is 6.03 Å². The van der Waals surface area contributed by atoms with Crippen LogP contribution in [0.15, 0.2) is 72.9 Å². The second-order valence-electron chi connectivity index (χ2n) is 11.2. The topological polar surface area (TPSA) is 89.3 Å². The van der Waals surface area contributed by atoms with Gasteiger partial charge in [-0.3, -0.25) is 4.79 Å². The molecule has 1 aromatic heterocycles. The molecular formula is C33H36FN5O2. The molecule has 2 unspecified atom stereocenters. The van der Waals surface area contributed by atoms with E-state index in [0.717, 1.165) is 60.1 Å². The highest BCUT2D eigenvalue weighted by Gasteiger charge is 2.32. The Bertz CT molecular complexity index is 1540. The number of aromatic nitrogens is 1. The number of rotatable bonds is 6. The van der Waals surface area contributed by atoms with Crippen molar-refractivity contribution >= 4 is 28.5 Å². The van der Waals surface area contributed by atoms with Crippen LogP contribution in [0, 0.1) is 5.82 Å². The highest BCUT2D eigenvalue weighted by atomic mass is 19.1. The van der Waals surface area contributed by atoms with Crippen molar-refractivity contribution in [2.45, 2.75) is 50.6 Å². The number of hydrogen-bond acceptors (Lipinski definition) is 3. The summed E-state index contributed by atoms with van der Waals surface area (Å²) in [7, 11) is 0. The first-order chi connectivity index (χ1) is 20.0. The number of aromatic amines is 1. The number of piperidine rings is 1. The van der Waals surface area contributed by atoms with Crippen LogP contribution in [0.1, 0.15) is 53.9 Å².